The van der Waals surface area contributed by atoms with Gasteiger partial charge in [0.05, 0.1) is 0 Å². The number of hydrogen-bond acceptors (Lipinski definition) is 3. The minimum absolute atomic E-state index is 0.497. The zero-order valence-electron chi connectivity index (χ0n) is 5.30. The molecule has 1 aliphatic heterocycles. The molecule has 0 spiro atoms. The van der Waals surface area contributed by atoms with Crippen molar-refractivity contribution in [2.24, 2.45) is 0 Å². The first-order chi connectivity index (χ1) is 4.43. The molecule has 0 radical (unpaired) electrons. The van der Waals surface area contributed by atoms with Crippen molar-refractivity contribution >= 4 is 26.2 Å². The summed E-state index contributed by atoms with van der Waals surface area (Å²) in [6.07, 6.45) is 2.51. The fourth-order valence-electron chi connectivity index (χ4n) is 1.02. The van der Waals surface area contributed by atoms with Crippen LogP contribution >= 0.6 is 0 Å². The molecule has 0 aromatic rings. The predicted octanol–water partition coefficient (Wildman–Crippen LogP) is -0.230. The van der Waals surface area contributed by atoms with Crippen molar-refractivity contribution in [3.8, 4) is 0 Å². The summed E-state index contributed by atoms with van der Waals surface area (Å²) < 4.78 is 4.63. The van der Waals surface area contributed by atoms with Crippen LogP contribution in [0.5, 0.6) is 0 Å². The molecule has 0 aromatic heterocycles. The Bertz CT molecular complexity index is 75.4. The molecule has 0 saturated carbocycles. The van der Waals surface area contributed by atoms with E-state index in [9.17, 15) is 0 Å². The Labute approximate surface area is 71.4 Å². The third kappa shape index (κ3) is 2.92. The van der Waals surface area contributed by atoms with Gasteiger partial charge in [-0.15, -0.1) is 0 Å². The van der Waals surface area contributed by atoms with Gasteiger partial charge in [0, 0.05) is 0 Å². The first kappa shape index (κ1) is 7.90. The Morgan fingerprint density at radius 2 is 2.56 bits per heavy atom. The molecule has 1 N–H and O–H groups in total. The van der Waals surface area contributed by atoms with Crippen molar-refractivity contribution in [1.82, 2.24) is 5.32 Å². The van der Waals surface area contributed by atoms with Gasteiger partial charge in [-0.2, -0.15) is 0 Å². The fourth-order valence-corrected chi connectivity index (χ4v) is 1.33. The molecule has 1 rings (SSSR count). The fraction of sp³-hybridized carbons (Fsp3) is 1.00. The molecule has 1 atom stereocenters. The van der Waals surface area contributed by atoms with Crippen molar-refractivity contribution in [3.63, 3.8) is 0 Å². The molecule has 0 bridgehead atoms. The summed E-state index contributed by atoms with van der Waals surface area (Å²) in [5.74, 6) is 0. The number of hydrogen-bond donors (Lipinski definition) is 1. The molecule has 1 fully saturated rings. The average molecular weight is 321 g/mol. The van der Waals surface area contributed by atoms with Crippen LogP contribution in [0.1, 0.15) is 12.8 Å². The van der Waals surface area contributed by atoms with Gasteiger partial charge in [0.1, 0.15) is 0 Å². The Hall–Kier alpha value is 0.802. The second-order valence-corrected chi connectivity index (χ2v) is 2.92. The predicted molar refractivity (Wildman–Crippen MR) is 33.8 cm³/mol. The Kier molecular flexibility index (Phi) is 4.03. The van der Waals surface area contributed by atoms with Gasteiger partial charge in [-0.3, -0.25) is 0 Å². The monoisotopic (exact) mass is 321 g/mol. The first-order valence-corrected chi connectivity index (χ1v) is 4.98. The molecule has 0 amide bonds. The van der Waals surface area contributed by atoms with Crippen LogP contribution in [0, 0.1) is 0 Å². The quantitative estimate of drug-likeness (QED) is 0.443. The summed E-state index contributed by atoms with van der Waals surface area (Å²) in [7, 11) is 0. The molecule has 0 aliphatic carbocycles. The summed E-state index contributed by atoms with van der Waals surface area (Å²) in [6.45, 7) is 1.86. The van der Waals surface area contributed by atoms with Crippen LogP contribution in [-0.4, -0.2) is 45.4 Å². The Balaban J connectivity index is 1.98. The molecular formula is C5H10NO2Tl. The molecule has 3 nitrogen and oxygen atoms in total. The summed E-state index contributed by atoms with van der Waals surface area (Å²) >= 11 is 0.497. The van der Waals surface area contributed by atoms with Crippen LogP contribution in [0.15, 0.2) is 0 Å². The summed E-state index contributed by atoms with van der Waals surface area (Å²) in [4.78, 5) is 4.83. The number of rotatable bonds is 3. The van der Waals surface area contributed by atoms with Gasteiger partial charge in [-0.1, -0.05) is 0 Å². The average Bonchev–Trinajstić information content (AvgIpc) is 2.34. The van der Waals surface area contributed by atoms with Crippen LogP contribution in [0.25, 0.3) is 0 Å². The van der Waals surface area contributed by atoms with Crippen LogP contribution < -0.4 is 5.32 Å². The van der Waals surface area contributed by atoms with E-state index in [2.05, 4.69) is 8.15 Å². The van der Waals surface area contributed by atoms with Crippen molar-refractivity contribution < 1.29 is 7.73 Å². The van der Waals surface area contributed by atoms with E-state index in [4.69, 9.17) is 4.89 Å². The molecule has 50 valence electrons. The summed E-state index contributed by atoms with van der Waals surface area (Å²) in [5.41, 5.74) is 0. The Morgan fingerprint density at radius 1 is 1.67 bits per heavy atom. The van der Waals surface area contributed by atoms with E-state index in [0.29, 0.717) is 32.3 Å². The van der Waals surface area contributed by atoms with E-state index in [0.717, 1.165) is 13.2 Å². The normalized spacial score (nSPS) is 26.8. The van der Waals surface area contributed by atoms with E-state index >= 15 is 0 Å². The molecule has 1 heterocycles. The molecule has 4 heteroatoms. The standard InChI is InChI=1S/C5H11NO2.Tl/c7-8-4-5-2-1-3-6-5;/h5-7H,1-4H2;/q;+1/p-1. The van der Waals surface area contributed by atoms with E-state index in [1.807, 2.05) is 0 Å². The Morgan fingerprint density at radius 3 is 3.11 bits per heavy atom. The molecule has 1 unspecified atom stereocenters. The van der Waals surface area contributed by atoms with Gasteiger partial charge < -0.3 is 0 Å². The summed E-state index contributed by atoms with van der Waals surface area (Å²) in [5, 5.41) is 3.30. The second kappa shape index (κ2) is 4.59. The maximum atomic E-state index is 4.83. The van der Waals surface area contributed by atoms with E-state index < -0.39 is 0 Å². The zero-order chi connectivity index (χ0) is 6.53. The topological polar surface area (TPSA) is 30.5 Å². The van der Waals surface area contributed by atoms with Crippen molar-refractivity contribution in [2.75, 3.05) is 13.2 Å². The van der Waals surface area contributed by atoms with Gasteiger partial charge in [-0.05, 0) is 0 Å². The molecule has 0 aromatic carbocycles. The minimum atomic E-state index is 0.497. The van der Waals surface area contributed by atoms with Gasteiger partial charge in [0.25, 0.3) is 0 Å². The van der Waals surface area contributed by atoms with Crippen LogP contribution in [-0.2, 0) is 7.73 Å². The van der Waals surface area contributed by atoms with Gasteiger partial charge in [-0.25, -0.2) is 0 Å². The molecule has 1 saturated heterocycles. The molecule has 1 aliphatic rings. The molecular weight excluding hydrogens is 310 g/mol. The van der Waals surface area contributed by atoms with Gasteiger partial charge in [0.15, 0.2) is 0 Å². The van der Waals surface area contributed by atoms with E-state index in [-0.39, 0.29) is 0 Å². The van der Waals surface area contributed by atoms with E-state index in [1.165, 1.54) is 12.8 Å². The zero-order valence-corrected chi connectivity index (χ0v) is 9.79. The van der Waals surface area contributed by atoms with Gasteiger partial charge in [0.2, 0.25) is 0 Å². The van der Waals surface area contributed by atoms with Crippen LogP contribution in [0.3, 0.4) is 0 Å². The van der Waals surface area contributed by atoms with Crippen molar-refractivity contribution in [1.29, 1.82) is 0 Å². The van der Waals surface area contributed by atoms with Crippen molar-refractivity contribution in [3.05, 3.63) is 0 Å². The SMILES string of the molecule is [Tl][O]OCC1CCCN1. The molecule has 9 heavy (non-hydrogen) atoms. The summed E-state index contributed by atoms with van der Waals surface area (Å²) in [6, 6.07) is 0.545. The van der Waals surface area contributed by atoms with Gasteiger partial charge >= 0.3 is 71.3 Å². The number of nitrogens with one attached hydrogen (secondary N) is 1. The first-order valence-electron chi connectivity index (χ1n) is 3.15. The second-order valence-electron chi connectivity index (χ2n) is 2.17. The van der Waals surface area contributed by atoms with Crippen molar-refractivity contribution in [2.45, 2.75) is 18.9 Å². The van der Waals surface area contributed by atoms with E-state index in [1.54, 1.807) is 0 Å². The third-order valence-electron chi connectivity index (χ3n) is 1.50. The van der Waals surface area contributed by atoms with Crippen LogP contribution in [0.4, 0.5) is 0 Å². The van der Waals surface area contributed by atoms with Crippen LogP contribution in [0.2, 0.25) is 0 Å². The third-order valence-corrected chi connectivity index (χ3v) is 2.03. The maximum absolute atomic E-state index is 4.83.